The third-order valence-electron chi connectivity index (χ3n) is 3.87. The van der Waals surface area contributed by atoms with Crippen LogP contribution in [0.15, 0.2) is 4.99 Å². The van der Waals surface area contributed by atoms with Crippen molar-refractivity contribution in [3.63, 3.8) is 0 Å². The molecule has 0 spiro atoms. The number of nitrogens with one attached hydrogen (secondary N) is 2. The number of rotatable bonds is 12. The molecule has 1 aliphatic rings. The van der Waals surface area contributed by atoms with Crippen molar-refractivity contribution in [2.24, 2.45) is 4.99 Å². The molecule has 0 heterocycles. The second-order valence-electron chi connectivity index (χ2n) is 5.85. The molecular formula is C16H34N4O2. The Labute approximate surface area is 135 Å². The van der Waals surface area contributed by atoms with Crippen LogP contribution in [0.3, 0.4) is 0 Å². The average molecular weight is 314 g/mol. The maximum Gasteiger partial charge on any atom is 0.191 e. The van der Waals surface area contributed by atoms with Crippen LogP contribution in [0.1, 0.15) is 33.1 Å². The summed E-state index contributed by atoms with van der Waals surface area (Å²) in [5.41, 5.74) is 0. The van der Waals surface area contributed by atoms with Gasteiger partial charge in [-0.25, -0.2) is 0 Å². The Morgan fingerprint density at radius 1 is 1.27 bits per heavy atom. The standard InChI is InChI=1S/C16H34N4O2/c1-5-17-16(18-9-6-10-22-12-11-21-4)19-13-14(2)20(3)15-7-8-15/h14-15H,5-13H2,1-4H3,(H2,17,18,19). The van der Waals surface area contributed by atoms with Crippen molar-refractivity contribution < 1.29 is 9.47 Å². The van der Waals surface area contributed by atoms with Crippen LogP contribution in [-0.2, 0) is 9.47 Å². The predicted octanol–water partition coefficient (Wildman–Crippen LogP) is 1.08. The molecule has 130 valence electrons. The molecule has 1 aliphatic carbocycles. The molecule has 22 heavy (non-hydrogen) atoms. The zero-order valence-corrected chi connectivity index (χ0v) is 14.7. The number of ether oxygens (including phenoxy) is 2. The Balaban J connectivity index is 2.17. The Kier molecular flexibility index (Phi) is 10.2. The summed E-state index contributed by atoms with van der Waals surface area (Å²) in [6.45, 7) is 8.97. The molecule has 0 radical (unpaired) electrons. The quantitative estimate of drug-likeness (QED) is 0.321. The van der Waals surface area contributed by atoms with Gasteiger partial charge < -0.3 is 20.1 Å². The molecular weight excluding hydrogens is 280 g/mol. The topological polar surface area (TPSA) is 58.1 Å². The molecule has 0 saturated heterocycles. The van der Waals surface area contributed by atoms with Gasteiger partial charge in [0.05, 0.1) is 19.8 Å². The van der Waals surface area contributed by atoms with Crippen molar-refractivity contribution in [3.05, 3.63) is 0 Å². The van der Waals surface area contributed by atoms with Crippen LogP contribution >= 0.6 is 0 Å². The van der Waals surface area contributed by atoms with Crippen LogP contribution in [0.2, 0.25) is 0 Å². The fourth-order valence-electron chi connectivity index (χ4n) is 2.16. The number of hydrogen-bond donors (Lipinski definition) is 2. The van der Waals surface area contributed by atoms with Crippen LogP contribution in [0.5, 0.6) is 0 Å². The lowest BCUT2D eigenvalue weighted by Gasteiger charge is -2.23. The molecule has 0 aromatic carbocycles. The van der Waals surface area contributed by atoms with Crippen molar-refractivity contribution in [2.75, 3.05) is 53.6 Å². The number of likely N-dealkylation sites (N-methyl/N-ethyl adjacent to an activating group) is 1. The van der Waals surface area contributed by atoms with Crippen LogP contribution < -0.4 is 10.6 Å². The van der Waals surface area contributed by atoms with Crippen LogP contribution in [0.25, 0.3) is 0 Å². The number of hydrogen-bond acceptors (Lipinski definition) is 4. The summed E-state index contributed by atoms with van der Waals surface area (Å²) in [6.07, 6.45) is 3.64. The molecule has 6 heteroatoms. The molecule has 0 aromatic heterocycles. The van der Waals surface area contributed by atoms with Crippen LogP contribution in [0, 0.1) is 0 Å². The maximum atomic E-state index is 5.45. The fourth-order valence-corrected chi connectivity index (χ4v) is 2.16. The zero-order valence-electron chi connectivity index (χ0n) is 14.7. The van der Waals surface area contributed by atoms with Crippen molar-refractivity contribution >= 4 is 5.96 Å². The van der Waals surface area contributed by atoms with Crippen LogP contribution in [-0.4, -0.2) is 76.6 Å². The molecule has 1 unspecified atom stereocenters. The number of nitrogens with zero attached hydrogens (tertiary/aromatic N) is 2. The molecule has 1 saturated carbocycles. The number of guanidine groups is 1. The van der Waals surface area contributed by atoms with Gasteiger partial charge in [0, 0.05) is 38.9 Å². The second kappa shape index (κ2) is 11.7. The SMILES string of the molecule is CCNC(=NCC(C)N(C)C1CC1)NCCCOCCOC. The lowest BCUT2D eigenvalue weighted by Crippen LogP contribution is -2.40. The molecule has 1 rings (SSSR count). The van der Waals surface area contributed by atoms with E-state index in [1.807, 2.05) is 0 Å². The first-order valence-electron chi connectivity index (χ1n) is 8.49. The van der Waals surface area contributed by atoms with Gasteiger partial charge in [-0.3, -0.25) is 9.89 Å². The van der Waals surface area contributed by atoms with Gasteiger partial charge in [0.15, 0.2) is 5.96 Å². The molecule has 1 fully saturated rings. The summed E-state index contributed by atoms with van der Waals surface area (Å²) in [7, 11) is 3.89. The highest BCUT2D eigenvalue weighted by atomic mass is 16.5. The van der Waals surface area contributed by atoms with E-state index in [1.54, 1.807) is 7.11 Å². The van der Waals surface area contributed by atoms with E-state index in [0.29, 0.717) is 19.3 Å². The van der Waals surface area contributed by atoms with Gasteiger partial charge in [0.2, 0.25) is 0 Å². The maximum absolute atomic E-state index is 5.45. The smallest absolute Gasteiger partial charge is 0.191 e. The van der Waals surface area contributed by atoms with Gasteiger partial charge in [-0.15, -0.1) is 0 Å². The third-order valence-corrected chi connectivity index (χ3v) is 3.87. The first kappa shape index (κ1) is 19.2. The predicted molar refractivity (Wildman–Crippen MR) is 91.5 cm³/mol. The van der Waals surface area contributed by atoms with Gasteiger partial charge in [-0.05, 0) is 40.2 Å². The fraction of sp³-hybridized carbons (Fsp3) is 0.938. The largest absolute Gasteiger partial charge is 0.382 e. The highest BCUT2D eigenvalue weighted by Gasteiger charge is 2.28. The van der Waals surface area contributed by atoms with E-state index in [0.717, 1.165) is 44.7 Å². The lowest BCUT2D eigenvalue weighted by molar-refractivity contribution is 0.0698. The van der Waals surface area contributed by atoms with Gasteiger partial charge in [0.1, 0.15) is 0 Å². The van der Waals surface area contributed by atoms with E-state index >= 15 is 0 Å². The highest BCUT2D eigenvalue weighted by molar-refractivity contribution is 5.79. The van der Waals surface area contributed by atoms with E-state index in [9.17, 15) is 0 Å². The summed E-state index contributed by atoms with van der Waals surface area (Å²) in [5.74, 6) is 0.899. The van der Waals surface area contributed by atoms with E-state index in [1.165, 1.54) is 12.8 Å². The normalized spacial score (nSPS) is 16.9. The molecule has 0 bridgehead atoms. The van der Waals surface area contributed by atoms with Crippen molar-refractivity contribution in [1.29, 1.82) is 0 Å². The lowest BCUT2D eigenvalue weighted by atomic mass is 10.3. The van der Waals surface area contributed by atoms with Gasteiger partial charge in [0.25, 0.3) is 0 Å². The number of methoxy groups -OCH3 is 1. The third kappa shape index (κ3) is 8.56. The monoisotopic (exact) mass is 314 g/mol. The first-order valence-corrected chi connectivity index (χ1v) is 8.49. The Morgan fingerprint density at radius 2 is 2.05 bits per heavy atom. The molecule has 0 aliphatic heterocycles. The average Bonchev–Trinajstić information content (AvgIpc) is 3.35. The van der Waals surface area contributed by atoms with Crippen molar-refractivity contribution in [2.45, 2.75) is 45.2 Å². The molecule has 1 atom stereocenters. The molecule has 6 nitrogen and oxygen atoms in total. The van der Waals surface area contributed by atoms with E-state index in [-0.39, 0.29) is 0 Å². The minimum absolute atomic E-state index is 0.486. The summed E-state index contributed by atoms with van der Waals surface area (Å²) >= 11 is 0. The Hall–Kier alpha value is -0.850. The Morgan fingerprint density at radius 3 is 2.68 bits per heavy atom. The highest BCUT2D eigenvalue weighted by Crippen LogP contribution is 2.26. The summed E-state index contributed by atoms with van der Waals surface area (Å²) in [5, 5.41) is 6.65. The van der Waals surface area contributed by atoms with E-state index in [4.69, 9.17) is 9.47 Å². The van der Waals surface area contributed by atoms with Crippen molar-refractivity contribution in [3.8, 4) is 0 Å². The minimum Gasteiger partial charge on any atom is -0.382 e. The van der Waals surface area contributed by atoms with Crippen molar-refractivity contribution in [1.82, 2.24) is 15.5 Å². The first-order chi connectivity index (χ1) is 10.7. The van der Waals surface area contributed by atoms with Gasteiger partial charge in [-0.2, -0.15) is 0 Å². The molecule has 2 N–H and O–H groups in total. The molecule has 0 amide bonds. The Bertz CT molecular complexity index is 309. The van der Waals surface area contributed by atoms with Gasteiger partial charge >= 0.3 is 0 Å². The zero-order chi connectivity index (χ0) is 16.2. The van der Waals surface area contributed by atoms with E-state index in [2.05, 4.69) is 41.4 Å². The summed E-state index contributed by atoms with van der Waals surface area (Å²) in [6, 6.07) is 1.27. The summed E-state index contributed by atoms with van der Waals surface area (Å²) in [4.78, 5) is 7.12. The van der Waals surface area contributed by atoms with Gasteiger partial charge in [-0.1, -0.05) is 0 Å². The minimum atomic E-state index is 0.486. The number of aliphatic imine (C=N–C) groups is 1. The molecule has 0 aromatic rings. The summed E-state index contributed by atoms with van der Waals surface area (Å²) < 4.78 is 10.4. The second-order valence-corrected chi connectivity index (χ2v) is 5.85. The van der Waals surface area contributed by atoms with E-state index < -0.39 is 0 Å². The van der Waals surface area contributed by atoms with Crippen LogP contribution in [0.4, 0.5) is 0 Å².